The largest absolute Gasteiger partial charge is 0.312 e. The molecule has 1 aliphatic rings. The van der Waals surface area contributed by atoms with Gasteiger partial charge in [0, 0.05) is 30.2 Å². The second-order valence-electron chi connectivity index (χ2n) is 4.48. The summed E-state index contributed by atoms with van der Waals surface area (Å²) < 4.78 is 2.03. The summed E-state index contributed by atoms with van der Waals surface area (Å²) in [6.45, 7) is 2.11. The van der Waals surface area contributed by atoms with Crippen molar-refractivity contribution in [3.05, 3.63) is 36.9 Å². The molecule has 3 rings (SSSR count). The number of nitrogens with one attached hydrogen (secondary N) is 1. The van der Waals surface area contributed by atoms with Gasteiger partial charge < -0.3 is 5.32 Å². The molecule has 1 aliphatic heterocycles. The van der Waals surface area contributed by atoms with Gasteiger partial charge >= 0.3 is 0 Å². The Balaban J connectivity index is 1.74. The maximum absolute atomic E-state index is 4.41. The molecule has 1 saturated heterocycles. The minimum Gasteiger partial charge on any atom is -0.312 e. The molecule has 4 heteroatoms. The van der Waals surface area contributed by atoms with E-state index in [1.54, 1.807) is 0 Å². The van der Waals surface area contributed by atoms with Crippen LogP contribution in [0.2, 0.25) is 0 Å². The summed E-state index contributed by atoms with van der Waals surface area (Å²) in [5, 5.41) is 7.90. The monoisotopic (exact) mass is 228 g/mol. The first-order chi connectivity index (χ1) is 8.42. The molecule has 88 valence electrons. The third-order valence-corrected chi connectivity index (χ3v) is 3.22. The highest BCUT2D eigenvalue weighted by molar-refractivity contribution is 5.60. The fourth-order valence-electron chi connectivity index (χ4n) is 2.30. The summed E-state index contributed by atoms with van der Waals surface area (Å²) in [4.78, 5) is 4.02. The number of rotatable bonds is 3. The van der Waals surface area contributed by atoms with Crippen molar-refractivity contribution >= 4 is 0 Å². The number of hydrogen-bond acceptors (Lipinski definition) is 3. The summed E-state index contributed by atoms with van der Waals surface area (Å²) in [6, 6.07) is 4.60. The summed E-state index contributed by atoms with van der Waals surface area (Å²) in [5.74, 6) is 0. The quantitative estimate of drug-likeness (QED) is 0.869. The smallest absolute Gasteiger partial charge is 0.0568 e. The maximum atomic E-state index is 4.41. The Morgan fingerprint density at radius 2 is 2.18 bits per heavy atom. The van der Waals surface area contributed by atoms with E-state index in [1.165, 1.54) is 18.4 Å². The van der Waals surface area contributed by atoms with E-state index < -0.39 is 0 Å². The van der Waals surface area contributed by atoms with Crippen molar-refractivity contribution in [1.29, 1.82) is 0 Å². The Morgan fingerprint density at radius 1 is 1.29 bits per heavy atom. The minimum absolute atomic E-state index is 0.584. The van der Waals surface area contributed by atoms with Gasteiger partial charge in [0.15, 0.2) is 0 Å². The van der Waals surface area contributed by atoms with E-state index in [0.717, 1.165) is 18.7 Å². The fraction of sp³-hybridized carbons (Fsp3) is 0.385. The van der Waals surface area contributed by atoms with Gasteiger partial charge in [-0.15, -0.1) is 0 Å². The zero-order valence-corrected chi connectivity index (χ0v) is 9.71. The SMILES string of the molecule is c1cc(-c2cnn(C[C@H]3CCCN3)c2)ccn1. The average molecular weight is 228 g/mol. The van der Waals surface area contributed by atoms with Crippen LogP contribution >= 0.6 is 0 Å². The van der Waals surface area contributed by atoms with Gasteiger partial charge in [0.2, 0.25) is 0 Å². The van der Waals surface area contributed by atoms with Crippen LogP contribution in [0.15, 0.2) is 36.9 Å². The normalized spacial score (nSPS) is 19.6. The fourth-order valence-corrected chi connectivity index (χ4v) is 2.30. The van der Waals surface area contributed by atoms with Gasteiger partial charge in [0.25, 0.3) is 0 Å². The molecular weight excluding hydrogens is 212 g/mol. The summed E-state index contributed by atoms with van der Waals surface area (Å²) in [7, 11) is 0. The van der Waals surface area contributed by atoms with Crippen molar-refractivity contribution in [1.82, 2.24) is 20.1 Å². The standard InChI is InChI=1S/C13H16N4/c1-2-13(15-5-1)10-17-9-12(8-16-17)11-3-6-14-7-4-11/h3-4,6-9,13,15H,1-2,5,10H2/t13-/m1/s1. The molecule has 2 aromatic rings. The van der Waals surface area contributed by atoms with Crippen molar-refractivity contribution in [3.63, 3.8) is 0 Å². The molecule has 0 radical (unpaired) electrons. The molecule has 0 unspecified atom stereocenters. The Kier molecular flexibility index (Phi) is 2.88. The molecule has 1 N–H and O–H groups in total. The van der Waals surface area contributed by atoms with Gasteiger partial charge in [0.05, 0.1) is 12.7 Å². The molecule has 2 aromatic heterocycles. The van der Waals surface area contributed by atoms with Crippen molar-refractivity contribution in [2.75, 3.05) is 6.54 Å². The van der Waals surface area contributed by atoms with E-state index in [1.807, 2.05) is 35.4 Å². The van der Waals surface area contributed by atoms with E-state index >= 15 is 0 Å². The zero-order chi connectivity index (χ0) is 11.5. The van der Waals surface area contributed by atoms with Gasteiger partial charge in [0.1, 0.15) is 0 Å². The first-order valence-electron chi connectivity index (χ1n) is 6.08. The van der Waals surface area contributed by atoms with Crippen LogP contribution in [0.1, 0.15) is 12.8 Å². The van der Waals surface area contributed by atoms with Crippen LogP contribution in [-0.2, 0) is 6.54 Å². The third kappa shape index (κ3) is 2.36. The summed E-state index contributed by atoms with van der Waals surface area (Å²) in [5.41, 5.74) is 2.33. The van der Waals surface area contributed by atoms with Gasteiger partial charge in [-0.25, -0.2) is 0 Å². The van der Waals surface area contributed by atoms with Crippen LogP contribution in [0, 0.1) is 0 Å². The number of nitrogens with zero attached hydrogens (tertiary/aromatic N) is 3. The second-order valence-corrected chi connectivity index (χ2v) is 4.48. The van der Waals surface area contributed by atoms with Crippen LogP contribution in [0.3, 0.4) is 0 Å². The van der Waals surface area contributed by atoms with Crippen molar-refractivity contribution in [2.24, 2.45) is 0 Å². The lowest BCUT2D eigenvalue weighted by atomic mass is 10.1. The first kappa shape index (κ1) is 10.5. The predicted octanol–water partition coefficient (Wildman–Crippen LogP) is 1.70. The Morgan fingerprint density at radius 3 is 2.94 bits per heavy atom. The molecule has 0 saturated carbocycles. The number of hydrogen-bond donors (Lipinski definition) is 1. The molecule has 1 atom stereocenters. The van der Waals surface area contributed by atoms with Crippen molar-refractivity contribution in [2.45, 2.75) is 25.4 Å². The lowest BCUT2D eigenvalue weighted by Gasteiger charge is -2.09. The molecule has 1 fully saturated rings. The Labute approximate surface area is 101 Å². The van der Waals surface area contributed by atoms with Crippen LogP contribution in [0.4, 0.5) is 0 Å². The van der Waals surface area contributed by atoms with Crippen molar-refractivity contribution < 1.29 is 0 Å². The molecule has 0 amide bonds. The van der Waals surface area contributed by atoms with E-state index in [4.69, 9.17) is 0 Å². The van der Waals surface area contributed by atoms with Gasteiger partial charge in [-0.05, 0) is 37.1 Å². The number of aromatic nitrogens is 3. The van der Waals surface area contributed by atoms with E-state index in [2.05, 4.69) is 21.6 Å². The molecule has 17 heavy (non-hydrogen) atoms. The third-order valence-electron chi connectivity index (χ3n) is 3.22. The Bertz CT molecular complexity index is 471. The minimum atomic E-state index is 0.584. The van der Waals surface area contributed by atoms with E-state index in [-0.39, 0.29) is 0 Å². The van der Waals surface area contributed by atoms with Crippen LogP contribution < -0.4 is 5.32 Å². The summed E-state index contributed by atoms with van der Waals surface area (Å²) >= 11 is 0. The lowest BCUT2D eigenvalue weighted by molar-refractivity contribution is 0.476. The lowest BCUT2D eigenvalue weighted by Crippen LogP contribution is -2.26. The van der Waals surface area contributed by atoms with Crippen LogP contribution in [0.5, 0.6) is 0 Å². The van der Waals surface area contributed by atoms with Crippen LogP contribution in [-0.4, -0.2) is 27.4 Å². The highest BCUT2D eigenvalue weighted by Crippen LogP contribution is 2.17. The molecule has 0 aliphatic carbocycles. The van der Waals surface area contributed by atoms with Gasteiger partial charge in [-0.1, -0.05) is 0 Å². The second kappa shape index (κ2) is 4.67. The van der Waals surface area contributed by atoms with Gasteiger partial charge in [-0.3, -0.25) is 9.67 Å². The van der Waals surface area contributed by atoms with Crippen LogP contribution in [0.25, 0.3) is 11.1 Å². The molecule has 4 nitrogen and oxygen atoms in total. The number of pyridine rings is 1. The molecule has 3 heterocycles. The zero-order valence-electron chi connectivity index (χ0n) is 9.71. The maximum Gasteiger partial charge on any atom is 0.0568 e. The highest BCUT2D eigenvalue weighted by atomic mass is 15.3. The average Bonchev–Trinajstić information content (AvgIpc) is 3.02. The molecule has 0 aromatic carbocycles. The van der Waals surface area contributed by atoms with E-state index in [9.17, 15) is 0 Å². The molecule has 0 bridgehead atoms. The van der Waals surface area contributed by atoms with Gasteiger partial charge in [-0.2, -0.15) is 5.10 Å². The van der Waals surface area contributed by atoms with Crippen molar-refractivity contribution in [3.8, 4) is 11.1 Å². The first-order valence-corrected chi connectivity index (χ1v) is 6.08. The highest BCUT2D eigenvalue weighted by Gasteiger charge is 2.14. The summed E-state index contributed by atoms with van der Waals surface area (Å²) in [6.07, 6.45) is 10.2. The van der Waals surface area contributed by atoms with E-state index in [0.29, 0.717) is 6.04 Å². The molecule has 0 spiro atoms. The Hall–Kier alpha value is -1.68. The topological polar surface area (TPSA) is 42.7 Å². The predicted molar refractivity (Wildman–Crippen MR) is 66.5 cm³/mol. The molecular formula is C13H16N4.